The fourth-order valence-corrected chi connectivity index (χ4v) is 1.91. The van der Waals surface area contributed by atoms with Crippen LogP contribution in [-0.4, -0.2) is 42.5 Å². The van der Waals surface area contributed by atoms with E-state index in [0.717, 1.165) is 4.68 Å². The fourth-order valence-electron chi connectivity index (χ4n) is 1.91. The maximum Gasteiger partial charge on any atom is 0.292 e. The monoisotopic (exact) mass is 328 g/mol. The lowest BCUT2D eigenvalue weighted by Gasteiger charge is -2.02. The number of anilines is 1. The number of amides is 1. The third kappa shape index (κ3) is 2.77. The number of aromatic hydroxyl groups is 1. The van der Waals surface area contributed by atoms with Crippen LogP contribution < -0.4 is 11.2 Å². The molecular weight excluding hydrogens is 316 g/mol. The summed E-state index contributed by atoms with van der Waals surface area (Å²) in [4.78, 5) is 12.3. The first-order valence-electron chi connectivity index (χ1n) is 6.70. The van der Waals surface area contributed by atoms with Crippen LogP contribution in [0.3, 0.4) is 0 Å². The van der Waals surface area contributed by atoms with Crippen molar-refractivity contribution in [2.75, 3.05) is 5.73 Å². The van der Waals surface area contributed by atoms with Gasteiger partial charge < -0.3 is 10.8 Å². The smallest absolute Gasteiger partial charge is 0.292 e. The molecule has 3 rings (SSSR count). The predicted molar refractivity (Wildman–Crippen MR) is 81.5 cm³/mol. The number of carbonyl (C=O) groups is 1. The highest BCUT2D eigenvalue weighted by Gasteiger charge is 2.22. The molecule has 0 atom stereocenters. The van der Waals surface area contributed by atoms with Crippen LogP contribution >= 0.6 is 0 Å². The van der Waals surface area contributed by atoms with Crippen LogP contribution in [0.5, 0.6) is 5.75 Å². The molecule has 0 aliphatic heterocycles. The Bertz CT molecular complexity index is 914. The van der Waals surface area contributed by atoms with Gasteiger partial charge in [0.05, 0.1) is 11.9 Å². The lowest BCUT2D eigenvalue weighted by Crippen LogP contribution is -2.22. The van der Waals surface area contributed by atoms with Crippen molar-refractivity contribution < 1.29 is 14.5 Å². The number of carbonyl (C=O) groups excluding carboxylic acids is 1. The van der Waals surface area contributed by atoms with Crippen molar-refractivity contribution in [1.29, 1.82) is 0 Å². The van der Waals surface area contributed by atoms with E-state index in [4.69, 9.17) is 5.73 Å². The Balaban J connectivity index is 1.83. The van der Waals surface area contributed by atoms with Crippen LogP contribution in [0.15, 0.2) is 34.0 Å². The van der Waals surface area contributed by atoms with E-state index in [-0.39, 0.29) is 23.1 Å². The number of nitrogens with two attached hydrogens (primary N) is 1. The average Bonchev–Trinajstić information content (AvgIpc) is 3.14. The van der Waals surface area contributed by atoms with E-state index in [9.17, 15) is 9.90 Å². The Morgan fingerprint density at radius 1 is 1.42 bits per heavy atom. The molecule has 0 aliphatic rings. The number of phenols is 1. The second kappa shape index (κ2) is 6.16. The van der Waals surface area contributed by atoms with Crippen LogP contribution in [0, 0.1) is 6.92 Å². The van der Waals surface area contributed by atoms with E-state index in [2.05, 4.69) is 35.8 Å². The molecule has 0 saturated carbocycles. The number of hydrazone groups is 1. The molecule has 3 aromatic rings. The van der Waals surface area contributed by atoms with E-state index in [0.29, 0.717) is 11.3 Å². The number of hydrogen-bond acceptors (Lipinski definition) is 9. The van der Waals surface area contributed by atoms with Crippen LogP contribution in [-0.2, 0) is 0 Å². The lowest BCUT2D eigenvalue weighted by atomic mass is 10.2. The number of nitrogens with zero attached hydrogens (tertiary/aromatic N) is 6. The molecule has 11 nitrogen and oxygen atoms in total. The molecule has 2 heterocycles. The van der Waals surface area contributed by atoms with Gasteiger partial charge in [-0.1, -0.05) is 17.3 Å². The van der Waals surface area contributed by atoms with Gasteiger partial charge in [0.15, 0.2) is 5.69 Å². The topological polar surface area (TPSA) is 157 Å². The molecule has 2 aromatic heterocycles. The fraction of sp³-hybridized carbons (Fsp3) is 0.0769. The first kappa shape index (κ1) is 15.1. The summed E-state index contributed by atoms with van der Waals surface area (Å²) in [5, 5.41) is 28.0. The third-order valence-electron chi connectivity index (χ3n) is 3.06. The van der Waals surface area contributed by atoms with Gasteiger partial charge >= 0.3 is 0 Å². The number of aryl methyl sites for hydroxylation is 1. The molecule has 4 N–H and O–H groups in total. The van der Waals surface area contributed by atoms with E-state index < -0.39 is 5.91 Å². The van der Waals surface area contributed by atoms with E-state index >= 15 is 0 Å². The summed E-state index contributed by atoms with van der Waals surface area (Å²) in [6.07, 6.45) is 1.31. The van der Waals surface area contributed by atoms with Crippen LogP contribution in [0.2, 0.25) is 0 Å². The van der Waals surface area contributed by atoms with E-state index in [1.165, 1.54) is 12.3 Å². The Kier molecular flexibility index (Phi) is 3.89. The zero-order valence-corrected chi connectivity index (χ0v) is 12.4. The molecule has 0 saturated heterocycles. The van der Waals surface area contributed by atoms with Crippen molar-refractivity contribution >= 4 is 17.9 Å². The minimum atomic E-state index is -0.591. The summed E-state index contributed by atoms with van der Waals surface area (Å²) in [7, 11) is 0. The number of phenolic OH excluding ortho intramolecular Hbond substituents is 1. The molecule has 0 radical (unpaired) electrons. The molecule has 1 aromatic carbocycles. The molecule has 0 fully saturated rings. The number of aromatic nitrogens is 5. The Hall–Kier alpha value is -3.76. The van der Waals surface area contributed by atoms with Gasteiger partial charge in [0.2, 0.25) is 11.6 Å². The predicted octanol–water partition coefficient (Wildman–Crippen LogP) is 0.0104. The lowest BCUT2D eigenvalue weighted by molar-refractivity contribution is 0.0946. The molecule has 0 aliphatic carbocycles. The number of nitrogen functional groups attached to an aromatic ring is 1. The quantitative estimate of drug-likeness (QED) is 0.446. The summed E-state index contributed by atoms with van der Waals surface area (Å²) < 4.78 is 5.60. The van der Waals surface area contributed by atoms with Crippen molar-refractivity contribution in [2.24, 2.45) is 5.10 Å². The molecule has 0 unspecified atom stereocenters. The van der Waals surface area contributed by atoms with Crippen LogP contribution in [0.25, 0.3) is 5.82 Å². The van der Waals surface area contributed by atoms with Crippen LogP contribution in [0.4, 0.5) is 5.82 Å². The summed E-state index contributed by atoms with van der Waals surface area (Å²) in [6.45, 7) is 1.59. The van der Waals surface area contributed by atoms with Gasteiger partial charge in [-0.2, -0.15) is 9.78 Å². The minimum absolute atomic E-state index is 0.0355. The largest absolute Gasteiger partial charge is 0.507 e. The molecule has 0 bridgehead atoms. The first-order chi connectivity index (χ1) is 11.6. The normalized spacial score (nSPS) is 11.0. The van der Waals surface area contributed by atoms with Crippen LogP contribution in [0.1, 0.15) is 21.7 Å². The van der Waals surface area contributed by atoms with Gasteiger partial charge in [0, 0.05) is 5.56 Å². The Morgan fingerprint density at radius 3 is 2.92 bits per heavy atom. The summed E-state index contributed by atoms with van der Waals surface area (Å²) in [5.74, 6) is -0.538. The van der Waals surface area contributed by atoms with E-state index in [1.807, 2.05) is 0 Å². The van der Waals surface area contributed by atoms with Crippen molar-refractivity contribution in [3.8, 4) is 11.6 Å². The summed E-state index contributed by atoms with van der Waals surface area (Å²) in [5.41, 5.74) is 8.79. The molecule has 1 amide bonds. The third-order valence-corrected chi connectivity index (χ3v) is 3.06. The van der Waals surface area contributed by atoms with E-state index in [1.54, 1.807) is 25.1 Å². The maximum atomic E-state index is 12.3. The van der Waals surface area contributed by atoms with Gasteiger partial charge in [-0.05, 0) is 29.4 Å². The first-order valence-corrected chi connectivity index (χ1v) is 6.70. The average molecular weight is 328 g/mol. The molecule has 0 spiro atoms. The van der Waals surface area contributed by atoms with Crippen molar-refractivity contribution in [3.63, 3.8) is 0 Å². The molecule has 24 heavy (non-hydrogen) atoms. The van der Waals surface area contributed by atoms with Gasteiger partial charge in [0.25, 0.3) is 5.91 Å². The standard InChI is InChI=1S/C13H12N8O3/c1-7-10(21(20-16-7)12-11(14)18-24-19-12)13(23)17-15-6-8-4-2-3-5-9(8)22/h2-6,22H,1H3,(H2,14,18)(H,17,23)/b15-6-. The van der Waals surface area contributed by atoms with Crippen molar-refractivity contribution in [2.45, 2.75) is 6.92 Å². The molecule has 11 heteroatoms. The highest BCUT2D eigenvalue weighted by Crippen LogP contribution is 2.15. The Morgan fingerprint density at radius 2 is 2.21 bits per heavy atom. The zero-order chi connectivity index (χ0) is 17.1. The van der Waals surface area contributed by atoms with Gasteiger partial charge in [-0.25, -0.2) is 10.1 Å². The Labute approximate surface area is 134 Å². The van der Waals surface area contributed by atoms with Crippen molar-refractivity contribution in [1.82, 2.24) is 30.7 Å². The minimum Gasteiger partial charge on any atom is -0.507 e. The SMILES string of the molecule is Cc1nnn(-c2nonc2N)c1C(=O)N/N=C\c1ccccc1O. The second-order valence-corrected chi connectivity index (χ2v) is 4.67. The number of nitrogens with one attached hydrogen (secondary N) is 1. The number of hydrogen-bond donors (Lipinski definition) is 3. The summed E-state index contributed by atoms with van der Waals surface area (Å²) in [6, 6.07) is 6.55. The highest BCUT2D eigenvalue weighted by atomic mass is 16.6. The zero-order valence-electron chi connectivity index (χ0n) is 12.4. The van der Waals surface area contributed by atoms with Gasteiger partial charge in [-0.15, -0.1) is 5.10 Å². The number of rotatable bonds is 4. The maximum absolute atomic E-state index is 12.3. The second-order valence-electron chi connectivity index (χ2n) is 4.67. The molecule has 122 valence electrons. The summed E-state index contributed by atoms with van der Waals surface area (Å²) >= 11 is 0. The van der Waals surface area contributed by atoms with Gasteiger partial charge in [0.1, 0.15) is 5.75 Å². The highest BCUT2D eigenvalue weighted by molar-refractivity contribution is 5.95. The number of para-hydroxylation sites is 1. The molecular formula is C13H12N8O3. The number of benzene rings is 1. The van der Waals surface area contributed by atoms with Crippen molar-refractivity contribution in [3.05, 3.63) is 41.2 Å². The van der Waals surface area contributed by atoms with Gasteiger partial charge in [-0.3, -0.25) is 4.79 Å².